The summed E-state index contributed by atoms with van der Waals surface area (Å²) in [5.74, 6) is 1.69. The van der Waals surface area contributed by atoms with Crippen molar-refractivity contribution in [2.24, 2.45) is 5.92 Å². The third kappa shape index (κ3) is 4.95. The van der Waals surface area contributed by atoms with E-state index in [1.54, 1.807) is 14.2 Å². The van der Waals surface area contributed by atoms with Crippen LogP contribution < -0.4 is 10.1 Å². The second-order valence-corrected chi connectivity index (χ2v) is 8.04. The van der Waals surface area contributed by atoms with Crippen molar-refractivity contribution in [3.8, 4) is 5.75 Å². The lowest BCUT2D eigenvalue weighted by Crippen LogP contribution is -2.57. The Balaban J connectivity index is 1.73. The molecule has 1 aromatic rings. The molecule has 5 nitrogen and oxygen atoms in total. The van der Waals surface area contributed by atoms with E-state index in [2.05, 4.69) is 10.2 Å². The Bertz CT molecular complexity index is 596. The molecule has 0 bridgehead atoms. The molecule has 0 spiro atoms. The van der Waals surface area contributed by atoms with Crippen LogP contribution in [0.15, 0.2) is 24.3 Å². The highest BCUT2D eigenvalue weighted by Gasteiger charge is 2.43. The number of piperidine rings is 1. The van der Waals surface area contributed by atoms with Crippen LogP contribution in [-0.2, 0) is 9.53 Å². The predicted molar refractivity (Wildman–Crippen MR) is 108 cm³/mol. The number of nitrogens with one attached hydrogen (secondary N) is 1. The predicted octanol–water partition coefficient (Wildman–Crippen LogP) is 4.09. The molecular formula is C22H34N2O3. The number of carbonyl (C=O) groups excluding carboxylic acids is 1. The summed E-state index contributed by atoms with van der Waals surface area (Å²) in [6, 6.07) is 7.93. The van der Waals surface area contributed by atoms with Crippen molar-refractivity contribution in [2.75, 3.05) is 39.2 Å². The number of nitrogens with zero attached hydrogens (tertiary/aromatic N) is 1. The van der Waals surface area contributed by atoms with Crippen molar-refractivity contribution in [1.29, 1.82) is 0 Å². The van der Waals surface area contributed by atoms with Crippen molar-refractivity contribution in [2.45, 2.75) is 56.9 Å². The summed E-state index contributed by atoms with van der Waals surface area (Å²) >= 11 is 0. The molecule has 0 radical (unpaired) electrons. The number of carbonyl (C=O) groups is 1. The van der Waals surface area contributed by atoms with Gasteiger partial charge in [0.15, 0.2) is 0 Å². The molecular weight excluding hydrogens is 340 g/mol. The average Bonchev–Trinajstić information content (AvgIpc) is 2.73. The lowest BCUT2D eigenvalue weighted by atomic mass is 9.79. The van der Waals surface area contributed by atoms with Crippen molar-refractivity contribution in [1.82, 2.24) is 4.90 Å². The molecule has 1 amide bonds. The van der Waals surface area contributed by atoms with Crippen molar-refractivity contribution in [3.63, 3.8) is 0 Å². The molecule has 2 fully saturated rings. The molecule has 1 aliphatic heterocycles. The largest absolute Gasteiger partial charge is 0.497 e. The quantitative estimate of drug-likeness (QED) is 0.781. The standard InChI is InChI=1S/C22H34N2O3/c1-26-16-12-18-7-6-15-24(17-18)21(25)22(13-4-3-5-14-22)23-19-8-10-20(27-2)11-9-19/h8-11,18,23H,3-7,12-17H2,1-2H3. The first-order valence-electron chi connectivity index (χ1n) is 10.4. The number of ether oxygens (including phenoxy) is 2. The minimum absolute atomic E-state index is 0.292. The Hall–Kier alpha value is -1.75. The number of likely N-dealkylation sites (tertiary alicyclic amines) is 1. The van der Waals surface area contributed by atoms with E-state index in [0.29, 0.717) is 11.8 Å². The Labute approximate surface area is 163 Å². The van der Waals surface area contributed by atoms with Crippen LogP contribution in [0.3, 0.4) is 0 Å². The maximum absolute atomic E-state index is 13.6. The highest BCUT2D eigenvalue weighted by atomic mass is 16.5. The Morgan fingerprint density at radius 1 is 1.15 bits per heavy atom. The van der Waals surface area contributed by atoms with E-state index in [9.17, 15) is 4.79 Å². The van der Waals surface area contributed by atoms with Gasteiger partial charge in [-0.3, -0.25) is 4.79 Å². The Morgan fingerprint density at radius 2 is 1.89 bits per heavy atom. The Morgan fingerprint density at radius 3 is 2.56 bits per heavy atom. The van der Waals surface area contributed by atoms with E-state index >= 15 is 0 Å². The molecule has 5 heteroatoms. The highest BCUT2D eigenvalue weighted by Crippen LogP contribution is 2.35. The van der Waals surface area contributed by atoms with Gasteiger partial charge >= 0.3 is 0 Å². The monoisotopic (exact) mass is 374 g/mol. The summed E-state index contributed by atoms with van der Waals surface area (Å²) in [6.07, 6.45) is 8.60. The molecule has 1 atom stereocenters. The van der Waals surface area contributed by atoms with Crippen LogP contribution in [0.25, 0.3) is 0 Å². The zero-order chi connectivity index (χ0) is 19.1. The van der Waals surface area contributed by atoms with Crippen LogP contribution in [0.1, 0.15) is 51.4 Å². The average molecular weight is 375 g/mol. The van der Waals surface area contributed by atoms with Crippen LogP contribution in [0, 0.1) is 5.92 Å². The molecule has 1 unspecified atom stereocenters. The number of benzene rings is 1. The first-order valence-corrected chi connectivity index (χ1v) is 10.4. The van der Waals surface area contributed by atoms with Gasteiger partial charge in [-0.15, -0.1) is 0 Å². The van der Waals surface area contributed by atoms with Gasteiger partial charge in [0.1, 0.15) is 11.3 Å². The van der Waals surface area contributed by atoms with Crippen LogP contribution in [0.2, 0.25) is 0 Å². The summed E-state index contributed by atoms with van der Waals surface area (Å²) in [4.78, 5) is 15.7. The maximum atomic E-state index is 13.6. The second-order valence-electron chi connectivity index (χ2n) is 8.04. The molecule has 150 valence electrons. The van der Waals surface area contributed by atoms with Gasteiger partial charge in [-0.2, -0.15) is 0 Å². The van der Waals surface area contributed by atoms with Gasteiger partial charge in [-0.05, 0) is 62.3 Å². The number of methoxy groups -OCH3 is 2. The van der Waals surface area contributed by atoms with Crippen LogP contribution in [0.5, 0.6) is 5.75 Å². The summed E-state index contributed by atoms with van der Waals surface area (Å²) in [5, 5.41) is 3.63. The van der Waals surface area contributed by atoms with E-state index in [0.717, 1.165) is 69.7 Å². The topological polar surface area (TPSA) is 50.8 Å². The number of hydrogen-bond acceptors (Lipinski definition) is 4. The van der Waals surface area contributed by atoms with Crippen molar-refractivity contribution < 1.29 is 14.3 Å². The van der Waals surface area contributed by atoms with E-state index in [1.165, 1.54) is 12.8 Å². The van der Waals surface area contributed by atoms with Gasteiger partial charge in [0.05, 0.1) is 7.11 Å². The molecule has 27 heavy (non-hydrogen) atoms. The summed E-state index contributed by atoms with van der Waals surface area (Å²) < 4.78 is 10.5. The van der Waals surface area contributed by atoms with Gasteiger partial charge in [0.2, 0.25) is 5.91 Å². The van der Waals surface area contributed by atoms with Gasteiger partial charge in [-0.25, -0.2) is 0 Å². The summed E-state index contributed by atoms with van der Waals surface area (Å²) in [6.45, 7) is 2.53. The zero-order valence-electron chi connectivity index (χ0n) is 16.8. The van der Waals surface area contributed by atoms with E-state index in [1.807, 2.05) is 24.3 Å². The minimum atomic E-state index is -0.462. The van der Waals surface area contributed by atoms with Gasteiger partial charge in [0.25, 0.3) is 0 Å². The molecule has 1 saturated carbocycles. The van der Waals surface area contributed by atoms with Crippen LogP contribution >= 0.6 is 0 Å². The van der Waals surface area contributed by atoms with Gasteiger partial charge in [0, 0.05) is 32.5 Å². The Kier molecular flexibility index (Phi) is 7.00. The van der Waals surface area contributed by atoms with Crippen molar-refractivity contribution >= 4 is 11.6 Å². The molecule has 1 heterocycles. The first-order chi connectivity index (χ1) is 13.2. The SMILES string of the molecule is COCCC1CCCN(C(=O)C2(Nc3ccc(OC)cc3)CCCCC2)C1. The highest BCUT2D eigenvalue weighted by molar-refractivity contribution is 5.89. The molecule has 0 aromatic heterocycles. The number of rotatable bonds is 7. The first kappa shape index (κ1) is 20.0. The van der Waals surface area contributed by atoms with E-state index < -0.39 is 5.54 Å². The van der Waals surface area contributed by atoms with Crippen LogP contribution in [-0.4, -0.2) is 50.3 Å². The fourth-order valence-corrected chi connectivity index (χ4v) is 4.57. The fourth-order valence-electron chi connectivity index (χ4n) is 4.57. The third-order valence-corrected chi connectivity index (χ3v) is 6.13. The smallest absolute Gasteiger partial charge is 0.248 e. The molecule has 2 aliphatic rings. The number of anilines is 1. The van der Waals surface area contributed by atoms with E-state index in [-0.39, 0.29) is 0 Å². The zero-order valence-corrected chi connectivity index (χ0v) is 16.8. The number of hydrogen-bond donors (Lipinski definition) is 1. The molecule has 1 aliphatic carbocycles. The lowest BCUT2D eigenvalue weighted by molar-refractivity contribution is -0.139. The lowest BCUT2D eigenvalue weighted by Gasteiger charge is -2.43. The molecule has 1 N–H and O–H groups in total. The van der Waals surface area contributed by atoms with Gasteiger partial charge < -0.3 is 19.7 Å². The van der Waals surface area contributed by atoms with Gasteiger partial charge in [-0.1, -0.05) is 19.3 Å². The second kappa shape index (κ2) is 9.45. The van der Waals surface area contributed by atoms with Crippen LogP contribution in [0.4, 0.5) is 5.69 Å². The molecule has 3 rings (SSSR count). The number of amides is 1. The third-order valence-electron chi connectivity index (χ3n) is 6.13. The van der Waals surface area contributed by atoms with E-state index in [4.69, 9.17) is 9.47 Å². The molecule has 1 saturated heterocycles. The summed E-state index contributed by atoms with van der Waals surface area (Å²) in [5.41, 5.74) is 0.537. The summed E-state index contributed by atoms with van der Waals surface area (Å²) in [7, 11) is 3.42. The normalized spacial score (nSPS) is 22.3. The minimum Gasteiger partial charge on any atom is -0.497 e. The maximum Gasteiger partial charge on any atom is 0.248 e. The fraction of sp³-hybridized carbons (Fsp3) is 0.682. The molecule has 1 aromatic carbocycles. The van der Waals surface area contributed by atoms with Crippen molar-refractivity contribution in [3.05, 3.63) is 24.3 Å².